The van der Waals surface area contributed by atoms with Gasteiger partial charge in [-0.25, -0.2) is 4.79 Å². The molecular weight excluding hydrogens is 288 g/mol. The van der Waals surface area contributed by atoms with Crippen molar-refractivity contribution in [3.05, 3.63) is 39.9 Å². The molecule has 1 rings (SSSR count). The molecule has 122 valence electrons. The van der Waals surface area contributed by atoms with E-state index in [-0.39, 0.29) is 12.3 Å². The van der Waals surface area contributed by atoms with E-state index in [9.17, 15) is 14.9 Å². The van der Waals surface area contributed by atoms with Gasteiger partial charge in [-0.05, 0) is 44.9 Å². The normalized spacial score (nSPS) is 11.1. The van der Waals surface area contributed by atoms with Crippen molar-refractivity contribution in [1.29, 1.82) is 0 Å². The van der Waals surface area contributed by atoms with Crippen molar-refractivity contribution in [3.8, 4) is 0 Å². The summed E-state index contributed by atoms with van der Waals surface area (Å²) in [5.41, 5.74) is 0.149. The number of ether oxygens (including phenoxy) is 1. The van der Waals surface area contributed by atoms with Crippen molar-refractivity contribution < 1.29 is 19.3 Å². The van der Waals surface area contributed by atoms with Crippen LogP contribution in [-0.4, -0.2) is 28.2 Å². The number of hydroxylamine groups is 2. The van der Waals surface area contributed by atoms with Gasteiger partial charge in [0.25, 0.3) is 5.69 Å². The number of benzene rings is 1. The molecule has 0 heterocycles. The van der Waals surface area contributed by atoms with Crippen LogP contribution >= 0.6 is 0 Å². The molecule has 0 unspecified atom stereocenters. The number of hydrogen-bond acceptors (Lipinski definition) is 5. The SMILES string of the molecule is CCCN(OCc1ccc([N+](=O)[O-])cc1)C(=O)OC(C)(C)C. The Kier molecular flexibility index (Phi) is 6.30. The molecule has 0 aliphatic heterocycles. The van der Waals surface area contributed by atoms with E-state index in [4.69, 9.17) is 9.57 Å². The van der Waals surface area contributed by atoms with Crippen molar-refractivity contribution >= 4 is 11.8 Å². The number of nitro benzene ring substituents is 1. The molecule has 0 radical (unpaired) electrons. The van der Waals surface area contributed by atoms with E-state index < -0.39 is 16.6 Å². The lowest BCUT2D eigenvalue weighted by atomic mass is 10.2. The molecule has 1 aromatic rings. The topological polar surface area (TPSA) is 81.9 Å². The zero-order valence-electron chi connectivity index (χ0n) is 13.4. The van der Waals surface area contributed by atoms with Crippen LogP contribution in [0.4, 0.5) is 10.5 Å². The van der Waals surface area contributed by atoms with Crippen LogP contribution in [0, 0.1) is 10.1 Å². The van der Waals surface area contributed by atoms with Gasteiger partial charge in [-0.2, -0.15) is 5.06 Å². The van der Waals surface area contributed by atoms with Crippen LogP contribution in [0.1, 0.15) is 39.7 Å². The number of rotatable bonds is 6. The summed E-state index contributed by atoms with van der Waals surface area (Å²) in [6.07, 6.45) is 0.177. The monoisotopic (exact) mass is 310 g/mol. The van der Waals surface area contributed by atoms with Crippen molar-refractivity contribution in [2.75, 3.05) is 6.54 Å². The van der Waals surface area contributed by atoms with E-state index in [0.717, 1.165) is 12.0 Å². The first-order chi connectivity index (χ1) is 10.2. The van der Waals surface area contributed by atoms with Crippen LogP contribution in [0.5, 0.6) is 0 Å². The summed E-state index contributed by atoms with van der Waals surface area (Å²) < 4.78 is 5.26. The summed E-state index contributed by atoms with van der Waals surface area (Å²) in [5.74, 6) is 0. The highest BCUT2D eigenvalue weighted by Crippen LogP contribution is 2.15. The first-order valence-electron chi connectivity index (χ1n) is 7.09. The van der Waals surface area contributed by atoms with Gasteiger partial charge in [0.15, 0.2) is 0 Å². The largest absolute Gasteiger partial charge is 0.442 e. The van der Waals surface area contributed by atoms with Crippen molar-refractivity contribution in [1.82, 2.24) is 5.06 Å². The van der Waals surface area contributed by atoms with Gasteiger partial charge in [0.2, 0.25) is 0 Å². The Morgan fingerprint density at radius 3 is 2.32 bits per heavy atom. The maximum atomic E-state index is 12.0. The molecule has 0 atom stereocenters. The van der Waals surface area contributed by atoms with Crippen LogP contribution < -0.4 is 0 Å². The van der Waals surface area contributed by atoms with Gasteiger partial charge in [-0.3, -0.25) is 15.0 Å². The summed E-state index contributed by atoms with van der Waals surface area (Å²) in [4.78, 5) is 27.6. The van der Waals surface area contributed by atoms with Crippen molar-refractivity contribution in [3.63, 3.8) is 0 Å². The number of amides is 1. The molecule has 7 heteroatoms. The number of nitro groups is 1. The highest BCUT2D eigenvalue weighted by molar-refractivity contribution is 5.66. The summed E-state index contributed by atoms with van der Waals surface area (Å²) in [6, 6.07) is 5.99. The summed E-state index contributed by atoms with van der Waals surface area (Å²) in [6.45, 7) is 7.81. The molecule has 1 amide bonds. The second-order valence-electron chi connectivity index (χ2n) is 5.78. The maximum absolute atomic E-state index is 12.0. The van der Waals surface area contributed by atoms with E-state index in [0.29, 0.717) is 6.54 Å². The van der Waals surface area contributed by atoms with Gasteiger partial charge >= 0.3 is 6.09 Å². The molecule has 0 N–H and O–H groups in total. The maximum Gasteiger partial charge on any atom is 0.434 e. The number of carbonyl (C=O) groups is 1. The molecule has 22 heavy (non-hydrogen) atoms. The fourth-order valence-corrected chi connectivity index (χ4v) is 1.59. The third-order valence-corrected chi connectivity index (χ3v) is 2.56. The Hall–Kier alpha value is -2.15. The quantitative estimate of drug-likeness (QED) is 0.591. The minimum atomic E-state index is -0.597. The van der Waals surface area contributed by atoms with Crippen LogP contribution in [0.15, 0.2) is 24.3 Å². The standard InChI is InChI=1S/C15H22N2O5/c1-5-10-16(14(18)22-15(2,3)4)21-11-12-6-8-13(9-7-12)17(19)20/h6-9H,5,10-11H2,1-4H3. The smallest absolute Gasteiger partial charge is 0.434 e. The molecule has 0 bridgehead atoms. The summed E-state index contributed by atoms with van der Waals surface area (Å²) in [5, 5.41) is 11.8. The van der Waals surface area contributed by atoms with Crippen LogP contribution in [0.3, 0.4) is 0 Å². The molecule has 0 spiro atoms. The molecule has 7 nitrogen and oxygen atoms in total. The average molecular weight is 310 g/mol. The van der Waals surface area contributed by atoms with E-state index in [2.05, 4.69) is 0 Å². The van der Waals surface area contributed by atoms with Gasteiger partial charge in [0.05, 0.1) is 11.5 Å². The average Bonchev–Trinajstić information content (AvgIpc) is 2.41. The van der Waals surface area contributed by atoms with Gasteiger partial charge in [-0.1, -0.05) is 6.92 Å². The number of carbonyl (C=O) groups excluding carboxylic acids is 1. The predicted molar refractivity (Wildman–Crippen MR) is 81.1 cm³/mol. The van der Waals surface area contributed by atoms with E-state index in [1.807, 2.05) is 6.92 Å². The lowest BCUT2D eigenvalue weighted by molar-refractivity contribution is -0.384. The van der Waals surface area contributed by atoms with E-state index in [1.54, 1.807) is 32.9 Å². The van der Waals surface area contributed by atoms with Crippen LogP contribution in [0.25, 0.3) is 0 Å². The Morgan fingerprint density at radius 2 is 1.86 bits per heavy atom. The van der Waals surface area contributed by atoms with Gasteiger partial charge in [0.1, 0.15) is 12.2 Å². The van der Waals surface area contributed by atoms with Crippen LogP contribution in [-0.2, 0) is 16.2 Å². The third-order valence-electron chi connectivity index (χ3n) is 2.56. The molecule has 0 fully saturated rings. The summed E-state index contributed by atoms with van der Waals surface area (Å²) in [7, 11) is 0. The van der Waals surface area contributed by atoms with Gasteiger partial charge in [0, 0.05) is 12.1 Å². The molecular formula is C15H22N2O5. The second-order valence-corrected chi connectivity index (χ2v) is 5.78. The highest BCUT2D eigenvalue weighted by atomic mass is 16.7. The summed E-state index contributed by atoms with van der Waals surface area (Å²) >= 11 is 0. The minimum absolute atomic E-state index is 0.0151. The fourth-order valence-electron chi connectivity index (χ4n) is 1.59. The Balaban J connectivity index is 2.63. The first kappa shape index (κ1) is 17.9. The first-order valence-corrected chi connectivity index (χ1v) is 7.09. The predicted octanol–water partition coefficient (Wildman–Crippen LogP) is 3.67. The minimum Gasteiger partial charge on any atom is -0.442 e. The molecule has 0 saturated heterocycles. The number of nitrogens with zero attached hydrogens (tertiary/aromatic N) is 2. The second kappa shape index (κ2) is 7.74. The molecule has 0 saturated carbocycles. The van der Waals surface area contributed by atoms with Gasteiger partial charge in [-0.15, -0.1) is 0 Å². The van der Waals surface area contributed by atoms with E-state index in [1.165, 1.54) is 17.2 Å². The Labute approximate surface area is 129 Å². The lowest BCUT2D eigenvalue weighted by Crippen LogP contribution is -2.37. The fraction of sp³-hybridized carbons (Fsp3) is 0.533. The number of hydrogen-bond donors (Lipinski definition) is 0. The Bertz CT molecular complexity index is 508. The lowest BCUT2D eigenvalue weighted by Gasteiger charge is -2.26. The van der Waals surface area contributed by atoms with Crippen molar-refractivity contribution in [2.24, 2.45) is 0 Å². The molecule has 0 aliphatic rings. The van der Waals surface area contributed by atoms with E-state index >= 15 is 0 Å². The van der Waals surface area contributed by atoms with Crippen molar-refractivity contribution in [2.45, 2.75) is 46.3 Å². The zero-order chi connectivity index (χ0) is 16.8. The number of non-ortho nitro benzene ring substituents is 1. The Morgan fingerprint density at radius 1 is 1.27 bits per heavy atom. The zero-order valence-corrected chi connectivity index (χ0v) is 13.4. The molecule has 0 aromatic heterocycles. The molecule has 1 aromatic carbocycles. The molecule has 0 aliphatic carbocycles. The third kappa shape index (κ3) is 6.09. The highest BCUT2D eigenvalue weighted by Gasteiger charge is 2.22. The van der Waals surface area contributed by atoms with Crippen LogP contribution in [0.2, 0.25) is 0 Å². The van der Waals surface area contributed by atoms with Gasteiger partial charge < -0.3 is 4.74 Å².